The predicted octanol–water partition coefficient (Wildman–Crippen LogP) is 2.82. The van der Waals surface area contributed by atoms with Crippen LogP contribution in [0.1, 0.15) is 38.2 Å². The van der Waals surface area contributed by atoms with Crippen LogP contribution >= 0.6 is 0 Å². The Balaban J connectivity index is 2.05. The van der Waals surface area contributed by atoms with E-state index >= 15 is 0 Å². The maximum absolute atomic E-state index is 5.39. The minimum atomic E-state index is 0.546. The van der Waals surface area contributed by atoms with Crippen molar-refractivity contribution >= 4 is 5.82 Å². The zero-order valence-corrected chi connectivity index (χ0v) is 11.0. The lowest BCUT2D eigenvalue weighted by molar-refractivity contribution is 0.0853. The minimum absolute atomic E-state index is 0.546. The molecule has 0 radical (unpaired) electrons. The first-order chi connectivity index (χ1) is 8.18. The quantitative estimate of drug-likeness (QED) is 0.804. The highest BCUT2D eigenvalue weighted by molar-refractivity contribution is 5.40. The van der Waals surface area contributed by atoms with Gasteiger partial charge in [-0.2, -0.15) is 0 Å². The van der Waals surface area contributed by atoms with Crippen LogP contribution in [0.15, 0.2) is 18.3 Å². The number of anilines is 1. The van der Waals surface area contributed by atoms with E-state index in [0.717, 1.165) is 31.9 Å². The summed E-state index contributed by atoms with van der Waals surface area (Å²) in [6, 6.07) is 4.88. The van der Waals surface area contributed by atoms with Crippen LogP contribution in [0.3, 0.4) is 0 Å². The summed E-state index contributed by atoms with van der Waals surface area (Å²) in [6.45, 7) is 6.13. The van der Waals surface area contributed by atoms with Crippen LogP contribution < -0.4 is 4.90 Å². The number of hydrogen-bond donors (Lipinski definition) is 0. The number of ether oxygens (including phenoxy) is 1. The van der Waals surface area contributed by atoms with Gasteiger partial charge < -0.3 is 9.64 Å². The number of rotatable bonds is 3. The van der Waals surface area contributed by atoms with Gasteiger partial charge in [0.05, 0.1) is 0 Å². The van der Waals surface area contributed by atoms with Crippen molar-refractivity contribution in [3.8, 4) is 0 Å². The molecule has 0 amide bonds. The van der Waals surface area contributed by atoms with Crippen LogP contribution in [0.4, 0.5) is 5.82 Å². The van der Waals surface area contributed by atoms with Gasteiger partial charge in [0, 0.05) is 32.5 Å². The lowest BCUT2D eigenvalue weighted by Gasteiger charge is -2.32. The molecular formula is C14H22N2O. The second-order valence-corrected chi connectivity index (χ2v) is 5.06. The summed E-state index contributed by atoms with van der Waals surface area (Å²) in [7, 11) is 2.13. The summed E-state index contributed by atoms with van der Waals surface area (Å²) in [5.41, 5.74) is 1.30. The molecule has 0 N–H and O–H groups in total. The Hall–Kier alpha value is -1.09. The first-order valence-electron chi connectivity index (χ1n) is 6.45. The average molecular weight is 234 g/mol. The lowest BCUT2D eigenvalue weighted by atomic mass is 10.1. The monoisotopic (exact) mass is 234 g/mol. The molecule has 17 heavy (non-hydrogen) atoms. The average Bonchev–Trinajstić information content (AvgIpc) is 2.39. The van der Waals surface area contributed by atoms with Crippen LogP contribution in [0.25, 0.3) is 0 Å². The standard InChI is InChI=1S/C14H22N2O/c1-11(2)12-4-5-14(15-10-12)16(3)13-6-8-17-9-7-13/h4-5,10-11,13H,6-9H2,1-3H3. The third kappa shape index (κ3) is 2.97. The van der Waals surface area contributed by atoms with Gasteiger partial charge in [0.1, 0.15) is 5.82 Å². The predicted molar refractivity (Wildman–Crippen MR) is 70.6 cm³/mol. The number of hydrogen-bond acceptors (Lipinski definition) is 3. The van der Waals surface area contributed by atoms with E-state index in [1.165, 1.54) is 5.56 Å². The minimum Gasteiger partial charge on any atom is -0.381 e. The van der Waals surface area contributed by atoms with Crippen molar-refractivity contribution in [1.82, 2.24) is 4.98 Å². The molecule has 2 rings (SSSR count). The fourth-order valence-corrected chi connectivity index (χ4v) is 2.21. The summed E-state index contributed by atoms with van der Waals surface area (Å²) in [6.07, 6.45) is 4.20. The second kappa shape index (κ2) is 5.50. The van der Waals surface area contributed by atoms with E-state index < -0.39 is 0 Å². The van der Waals surface area contributed by atoms with Gasteiger partial charge in [0.2, 0.25) is 0 Å². The highest BCUT2D eigenvalue weighted by Crippen LogP contribution is 2.21. The molecule has 0 atom stereocenters. The van der Waals surface area contributed by atoms with E-state index in [9.17, 15) is 0 Å². The fourth-order valence-electron chi connectivity index (χ4n) is 2.21. The zero-order chi connectivity index (χ0) is 12.3. The van der Waals surface area contributed by atoms with Crippen molar-refractivity contribution in [1.29, 1.82) is 0 Å². The summed E-state index contributed by atoms with van der Waals surface area (Å²) in [5.74, 6) is 1.62. The summed E-state index contributed by atoms with van der Waals surface area (Å²) in [5, 5.41) is 0. The van der Waals surface area contributed by atoms with Gasteiger partial charge in [-0.3, -0.25) is 0 Å². The highest BCUT2D eigenvalue weighted by atomic mass is 16.5. The molecule has 1 aromatic heterocycles. The number of nitrogens with zero attached hydrogens (tertiary/aromatic N) is 2. The van der Waals surface area contributed by atoms with Gasteiger partial charge in [-0.15, -0.1) is 0 Å². The van der Waals surface area contributed by atoms with Crippen molar-refractivity contribution < 1.29 is 4.74 Å². The van der Waals surface area contributed by atoms with Crippen molar-refractivity contribution in [3.63, 3.8) is 0 Å². The third-order valence-corrected chi connectivity index (χ3v) is 3.54. The number of pyridine rings is 1. The molecule has 1 aliphatic rings. The number of aromatic nitrogens is 1. The smallest absolute Gasteiger partial charge is 0.128 e. The highest BCUT2D eigenvalue weighted by Gasteiger charge is 2.19. The first-order valence-corrected chi connectivity index (χ1v) is 6.45. The van der Waals surface area contributed by atoms with Crippen molar-refractivity contribution in [2.45, 2.75) is 38.6 Å². The molecule has 0 aromatic carbocycles. The van der Waals surface area contributed by atoms with E-state index in [0.29, 0.717) is 12.0 Å². The van der Waals surface area contributed by atoms with E-state index in [2.05, 4.69) is 42.9 Å². The molecule has 0 aliphatic carbocycles. The normalized spacial score (nSPS) is 17.4. The van der Waals surface area contributed by atoms with Crippen LogP contribution in [0, 0.1) is 0 Å². The van der Waals surface area contributed by atoms with Crippen LogP contribution in [-0.2, 0) is 4.74 Å². The van der Waals surface area contributed by atoms with Crippen molar-refractivity contribution in [2.24, 2.45) is 0 Å². The maximum atomic E-state index is 5.39. The Labute approximate surface area is 104 Å². The summed E-state index contributed by atoms with van der Waals surface area (Å²) in [4.78, 5) is 6.84. The van der Waals surface area contributed by atoms with E-state index in [4.69, 9.17) is 4.74 Å². The Morgan fingerprint density at radius 1 is 1.29 bits per heavy atom. The van der Waals surface area contributed by atoms with Gasteiger partial charge in [-0.05, 0) is 30.4 Å². The third-order valence-electron chi connectivity index (χ3n) is 3.54. The molecule has 1 fully saturated rings. The Morgan fingerprint density at radius 3 is 2.53 bits per heavy atom. The Morgan fingerprint density at radius 2 is 2.00 bits per heavy atom. The SMILES string of the molecule is CC(C)c1ccc(N(C)C2CCOCC2)nc1. The van der Waals surface area contributed by atoms with Gasteiger partial charge in [-0.25, -0.2) is 4.98 Å². The van der Waals surface area contributed by atoms with E-state index in [1.54, 1.807) is 0 Å². The second-order valence-electron chi connectivity index (χ2n) is 5.06. The maximum Gasteiger partial charge on any atom is 0.128 e. The van der Waals surface area contributed by atoms with Crippen molar-refractivity contribution in [2.75, 3.05) is 25.2 Å². The largest absolute Gasteiger partial charge is 0.381 e. The molecule has 94 valence electrons. The zero-order valence-electron chi connectivity index (χ0n) is 11.0. The van der Waals surface area contributed by atoms with E-state index in [-0.39, 0.29) is 0 Å². The van der Waals surface area contributed by atoms with Crippen LogP contribution in [-0.4, -0.2) is 31.3 Å². The molecule has 3 nitrogen and oxygen atoms in total. The molecule has 0 bridgehead atoms. The molecule has 1 aliphatic heterocycles. The van der Waals surface area contributed by atoms with Crippen molar-refractivity contribution in [3.05, 3.63) is 23.9 Å². The van der Waals surface area contributed by atoms with Crippen LogP contribution in [0.2, 0.25) is 0 Å². The molecule has 0 spiro atoms. The summed E-state index contributed by atoms with van der Waals surface area (Å²) >= 11 is 0. The molecule has 1 aromatic rings. The van der Waals surface area contributed by atoms with Gasteiger partial charge in [0.15, 0.2) is 0 Å². The fraction of sp³-hybridized carbons (Fsp3) is 0.643. The van der Waals surface area contributed by atoms with Crippen LogP contribution in [0.5, 0.6) is 0 Å². The first kappa shape index (κ1) is 12.4. The van der Waals surface area contributed by atoms with Gasteiger partial charge >= 0.3 is 0 Å². The molecular weight excluding hydrogens is 212 g/mol. The van der Waals surface area contributed by atoms with E-state index in [1.807, 2.05) is 6.20 Å². The van der Waals surface area contributed by atoms with Gasteiger partial charge in [-0.1, -0.05) is 19.9 Å². The Kier molecular flexibility index (Phi) is 4.00. The molecule has 3 heteroatoms. The van der Waals surface area contributed by atoms with Gasteiger partial charge in [0.25, 0.3) is 0 Å². The molecule has 0 saturated carbocycles. The molecule has 0 unspecified atom stereocenters. The Bertz CT molecular complexity index is 342. The topological polar surface area (TPSA) is 25.4 Å². The molecule has 1 saturated heterocycles. The molecule has 2 heterocycles. The lowest BCUT2D eigenvalue weighted by Crippen LogP contribution is -2.37. The summed E-state index contributed by atoms with van der Waals surface area (Å²) < 4.78 is 5.39.